The zero-order chi connectivity index (χ0) is 20.3. The molecule has 8 nitrogen and oxygen atoms in total. The summed E-state index contributed by atoms with van der Waals surface area (Å²) in [6.45, 7) is 3.94. The van der Waals surface area contributed by atoms with Crippen LogP contribution in [-0.2, 0) is 6.42 Å². The van der Waals surface area contributed by atoms with Crippen LogP contribution >= 0.6 is 0 Å². The molecule has 3 heterocycles. The van der Waals surface area contributed by atoms with E-state index in [-0.39, 0.29) is 17.4 Å². The Morgan fingerprint density at radius 3 is 2.86 bits per heavy atom. The van der Waals surface area contributed by atoms with Crippen molar-refractivity contribution in [3.63, 3.8) is 0 Å². The third kappa shape index (κ3) is 3.95. The van der Waals surface area contributed by atoms with Gasteiger partial charge in [-0.25, -0.2) is 4.98 Å². The Kier molecular flexibility index (Phi) is 5.30. The van der Waals surface area contributed by atoms with Gasteiger partial charge in [0, 0.05) is 37.0 Å². The highest BCUT2D eigenvalue weighted by molar-refractivity contribution is 6.09. The zero-order valence-electron chi connectivity index (χ0n) is 16.3. The van der Waals surface area contributed by atoms with E-state index in [2.05, 4.69) is 20.3 Å². The number of rotatable bonds is 5. The number of nitrogens with one attached hydrogen (secondary N) is 1. The second-order valence-electron chi connectivity index (χ2n) is 6.92. The van der Waals surface area contributed by atoms with Gasteiger partial charge >= 0.3 is 0 Å². The van der Waals surface area contributed by atoms with Gasteiger partial charge < -0.3 is 20.5 Å². The summed E-state index contributed by atoms with van der Waals surface area (Å²) in [7, 11) is 3.11. The quantitative estimate of drug-likeness (QED) is 0.770. The summed E-state index contributed by atoms with van der Waals surface area (Å²) >= 11 is 0. The van der Waals surface area contributed by atoms with Gasteiger partial charge in [-0.2, -0.15) is 4.98 Å². The van der Waals surface area contributed by atoms with E-state index in [9.17, 15) is 4.79 Å². The first kappa shape index (κ1) is 19.3. The summed E-state index contributed by atoms with van der Waals surface area (Å²) in [6, 6.07) is 7.01. The van der Waals surface area contributed by atoms with Crippen molar-refractivity contribution in [3.05, 3.63) is 47.3 Å². The van der Waals surface area contributed by atoms with Crippen LogP contribution in [0.15, 0.2) is 35.5 Å². The van der Waals surface area contributed by atoms with Crippen molar-refractivity contribution >= 4 is 23.5 Å². The molecule has 28 heavy (non-hydrogen) atoms. The van der Waals surface area contributed by atoms with Gasteiger partial charge in [0.2, 0.25) is 11.8 Å². The van der Waals surface area contributed by atoms with E-state index in [1.165, 1.54) is 13.3 Å². The van der Waals surface area contributed by atoms with E-state index in [4.69, 9.17) is 15.2 Å². The third-order valence-corrected chi connectivity index (χ3v) is 4.19. The van der Waals surface area contributed by atoms with Crippen LogP contribution in [0.4, 0.5) is 5.82 Å². The lowest BCUT2D eigenvalue weighted by molar-refractivity contribution is 0.102. The fourth-order valence-corrected chi connectivity index (χ4v) is 2.99. The van der Waals surface area contributed by atoms with Crippen LogP contribution in [0, 0.1) is 0 Å². The highest BCUT2D eigenvalue weighted by atomic mass is 16.5. The predicted octanol–water partition coefficient (Wildman–Crippen LogP) is 2.45. The Labute approximate surface area is 163 Å². The molecule has 0 aliphatic carbocycles. The number of carbonyl (C=O) groups is 1. The number of hydrogen-bond donors (Lipinski definition) is 2. The minimum Gasteiger partial charge on any atom is -0.480 e. The van der Waals surface area contributed by atoms with Gasteiger partial charge in [-0.1, -0.05) is 6.07 Å². The summed E-state index contributed by atoms with van der Waals surface area (Å²) in [5.41, 5.74) is 7.69. The molecule has 3 rings (SSSR count). The van der Waals surface area contributed by atoms with Crippen LogP contribution in [-0.4, -0.2) is 41.8 Å². The number of pyridine rings is 2. The number of methoxy groups -OCH3 is 1. The smallest absolute Gasteiger partial charge is 0.262 e. The molecule has 0 fully saturated rings. The van der Waals surface area contributed by atoms with Crippen LogP contribution in [0.3, 0.4) is 0 Å². The Morgan fingerprint density at radius 2 is 2.18 bits per heavy atom. The van der Waals surface area contributed by atoms with Crippen molar-refractivity contribution in [2.24, 2.45) is 10.7 Å². The molecular weight excluding hydrogens is 358 g/mol. The number of ether oxygens (including phenoxy) is 2. The van der Waals surface area contributed by atoms with Gasteiger partial charge in [0.05, 0.1) is 12.8 Å². The number of aliphatic imine (C=N–C) groups is 1. The second-order valence-corrected chi connectivity index (χ2v) is 6.92. The number of fused-ring (bicyclic) bond motifs is 1. The van der Waals surface area contributed by atoms with E-state index in [1.807, 2.05) is 13.8 Å². The van der Waals surface area contributed by atoms with Crippen molar-refractivity contribution in [3.8, 4) is 11.8 Å². The molecule has 2 aromatic rings. The molecule has 8 heteroatoms. The van der Waals surface area contributed by atoms with Crippen LogP contribution in [0.1, 0.15) is 35.5 Å². The molecule has 0 radical (unpaired) electrons. The average molecular weight is 381 g/mol. The van der Waals surface area contributed by atoms with Crippen LogP contribution in [0.5, 0.6) is 11.8 Å². The number of allylic oxidation sites excluding steroid dienone is 1. The maximum absolute atomic E-state index is 12.9. The van der Waals surface area contributed by atoms with E-state index in [1.54, 1.807) is 37.5 Å². The zero-order valence-corrected chi connectivity index (χ0v) is 16.3. The summed E-state index contributed by atoms with van der Waals surface area (Å²) in [6.07, 6.45) is 3.67. The standard InChI is InChI=1S/C20H23N5O3/c1-20(2)9-12-8-14(19(27-4)25-18(12)28-20)17(26)24-16-7-5-6-15(23-16)13(10-21)11-22-3/h5-8,10-11H,9,21H2,1-4H3,(H,23,24,26). The fourth-order valence-electron chi connectivity index (χ4n) is 2.99. The lowest BCUT2D eigenvalue weighted by Gasteiger charge is -2.16. The topological polar surface area (TPSA) is 112 Å². The molecule has 0 atom stereocenters. The van der Waals surface area contributed by atoms with Gasteiger partial charge in [0.25, 0.3) is 5.91 Å². The number of nitrogens with two attached hydrogens (primary N) is 1. The highest BCUT2D eigenvalue weighted by Gasteiger charge is 2.33. The van der Waals surface area contributed by atoms with Crippen LogP contribution < -0.4 is 20.5 Å². The van der Waals surface area contributed by atoms with Crippen molar-refractivity contribution in [2.75, 3.05) is 19.5 Å². The molecule has 0 spiro atoms. The molecule has 3 N–H and O–H groups in total. The lowest BCUT2D eigenvalue weighted by Crippen LogP contribution is -2.24. The molecule has 0 bridgehead atoms. The van der Waals surface area contributed by atoms with Crippen molar-refractivity contribution in [1.82, 2.24) is 9.97 Å². The number of aromatic nitrogens is 2. The molecule has 0 aromatic carbocycles. The first-order valence-electron chi connectivity index (χ1n) is 8.76. The average Bonchev–Trinajstić information content (AvgIpc) is 2.97. The summed E-state index contributed by atoms with van der Waals surface area (Å²) < 4.78 is 11.1. The Hall–Kier alpha value is -3.42. The molecule has 0 saturated heterocycles. The minimum atomic E-state index is -0.371. The SMILES string of the molecule is CN=CC(=CN)c1cccc(NC(=O)c2cc3c(nc2OC)OC(C)(C)C3)n1. The maximum Gasteiger partial charge on any atom is 0.262 e. The third-order valence-electron chi connectivity index (χ3n) is 4.19. The number of hydrogen-bond acceptors (Lipinski definition) is 7. The van der Waals surface area contributed by atoms with E-state index < -0.39 is 0 Å². The van der Waals surface area contributed by atoms with E-state index in [0.29, 0.717) is 34.9 Å². The van der Waals surface area contributed by atoms with Gasteiger partial charge in [-0.05, 0) is 32.0 Å². The van der Waals surface area contributed by atoms with Crippen molar-refractivity contribution in [2.45, 2.75) is 25.9 Å². The fraction of sp³-hybridized carbons (Fsp3) is 0.300. The van der Waals surface area contributed by atoms with E-state index >= 15 is 0 Å². The minimum absolute atomic E-state index is 0.200. The summed E-state index contributed by atoms with van der Waals surface area (Å²) in [5.74, 6) is 0.704. The lowest BCUT2D eigenvalue weighted by atomic mass is 10.0. The number of carbonyl (C=O) groups excluding carboxylic acids is 1. The molecule has 1 amide bonds. The number of anilines is 1. The molecule has 1 aliphatic rings. The van der Waals surface area contributed by atoms with Crippen LogP contribution in [0.2, 0.25) is 0 Å². The Bertz CT molecular complexity index is 966. The monoisotopic (exact) mass is 381 g/mol. The molecule has 1 aliphatic heterocycles. The van der Waals surface area contributed by atoms with Crippen molar-refractivity contribution in [1.29, 1.82) is 0 Å². The largest absolute Gasteiger partial charge is 0.480 e. The van der Waals surface area contributed by atoms with Gasteiger partial charge in [-0.3, -0.25) is 9.79 Å². The summed E-state index contributed by atoms with van der Waals surface area (Å²) in [4.78, 5) is 25.6. The first-order valence-corrected chi connectivity index (χ1v) is 8.76. The molecular formula is C20H23N5O3. The first-order chi connectivity index (χ1) is 13.4. The molecule has 0 unspecified atom stereocenters. The molecule has 2 aromatic heterocycles. The van der Waals surface area contributed by atoms with Crippen LogP contribution in [0.25, 0.3) is 5.57 Å². The van der Waals surface area contributed by atoms with Gasteiger partial charge in [0.15, 0.2) is 0 Å². The molecule has 146 valence electrons. The van der Waals surface area contributed by atoms with Gasteiger partial charge in [-0.15, -0.1) is 0 Å². The second kappa shape index (κ2) is 7.67. The Morgan fingerprint density at radius 1 is 1.39 bits per heavy atom. The molecule has 0 saturated carbocycles. The van der Waals surface area contributed by atoms with Crippen molar-refractivity contribution < 1.29 is 14.3 Å². The maximum atomic E-state index is 12.9. The highest BCUT2D eigenvalue weighted by Crippen LogP contribution is 2.36. The van der Waals surface area contributed by atoms with E-state index in [0.717, 1.165) is 5.56 Å². The predicted molar refractivity (Wildman–Crippen MR) is 108 cm³/mol. The van der Waals surface area contributed by atoms with Gasteiger partial charge in [0.1, 0.15) is 17.0 Å². The number of amides is 1. The number of nitrogens with zero attached hydrogens (tertiary/aromatic N) is 3. The normalized spacial score (nSPS) is 15.2. The Balaban J connectivity index is 1.88. The summed E-state index contributed by atoms with van der Waals surface area (Å²) in [5, 5.41) is 2.78.